The van der Waals surface area contributed by atoms with Crippen molar-refractivity contribution in [3.63, 3.8) is 0 Å². The van der Waals surface area contributed by atoms with Gasteiger partial charge < -0.3 is 5.73 Å². The van der Waals surface area contributed by atoms with Gasteiger partial charge in [0, 0.05) is 10.8 Å². The highest BCUT2D eigenvalue weighted by atomic mass is 32.2. The molecule has 0 unspecified atom stereocenters. The van der Waals surface area contributed by atoms with Crippen LogP contribution in [0.15, 0.2) is 69.7 Å². The SMILES string of the molecule is Nc1c(N=Nc2ccc(F)cc2)cc(S(=O)(=O)O)c2ccccc12. The normalized spacial score (nSPS) is 12.1. The van der Waals surface area contributed by atoms with Gasteiger partial charge in [-0.05, 0) is 30.3 Å². The van der Waals surface area contributed by atoms with Crippen LogP contribution >= 0.6 is 0 Å². The Hall–Kier alpha value is -2.84. The first-order valence-electron chi connectivity index (χ1n) is 6.82. The van der Waals surface area contributed by atoms with Crippen LogP contribution in [0.5, 0.6) is 0 Å². The van der Waals surface area contributed by atoms with Crippen LogP contribution in [0.4, 0.5) is 21.5 Å². The van der Waals surface area contributed by atoms with Gasteiger partial charge in [-0.25, -0.2) is 4.39 Å². The molecule has 0 spiro atoms. The van der Waals surface area contributed by atoms with Gasteiger partial charge in [-0.3, -0.25) is 4.55 Å². The van der Waals surface area contributed by atoms with Gasteiger partial charge in [-0.1, -0.05) is 24.3 Å². The van der Waals surface area contributed by atoms with E-state index in [9.17, 15) is 17.4 Å². The Morgan fingerprint density at radius 3 is 2.21 bits per heavy atom. The second kappa shape index (κ2) is 5.99. The Morgan fingerprint density at radius 1 is 0.958 bits per heavy atom. The van der Waals surface area contributed by atoms with E-state index in [1.165, 1.54) is 30.3 Å². The first-order valence-corrected chi connectivity index (χ1v) is 8.26. The van der Waals surface area contributed by atoms with Crippen molar-refractivity contribution in [2.24, 2.45) is 10.2 Å². The topological polar surface area (TPSA) is 105 Å². The molecule has 0 saturated carbocycles. The summed E-state index contributed by atoms with van der Waals surface area (Å²) in [5.74, 6) is -0.409. The zero-order chi connectivity index (χ0) is 17.3. The number of nitrogens with zero attached hydrogens (tertiary/aromatic N) is 2. The number of hydrogen-bond donors (Lipinski definition) is 2. The molecule has 0 aromatic heterocycles. The largest absolute Gasteiger partial charge is 0.396 e. The molecule has 3 N–H and O–H groups in total. The summed E-state index contributed by atoms with van der Waals surface area (Å²) in [5, 5.41) is 8.56. The number of benzene rings is 3. The number of anilines is 1. The fourth-order valence-corrected chi connectivity index (χ4v) is 2.98. The quantitative estimate of drug-likeness (QED) is 0.421. The Kier molecular flexibility index (Phi) is 4.00. The van der Waals surface area contributed by atoms with E-state index >= 15 is 0 Å². The maximum Gasteiger partial charge on any atom is 0.295 e. The van der Waals surface area contributed by atoms with E-state index in [0.717, 1.165) is 6.07 Å². The molecule has 3 rings (SSSR count). The molecule has 0 fully saturated rings. The summed E-state index contributed by atoms with van der Waals surface area (Å²) in [4.78, 5) is -0.305. The lowest BCUT2D eigenvalue weighted by Gasteiger charge is -2.09. The molecule has 6 nitrogen and oxygen atoms in total. The number of nitrogens with two attached hydrogens (primary N) is 1. The number of rotatable bonds is 3. The van der Waals surface area contributed by atoms with Gasteiger partial charge in [0.1, 0.15) is 16.4 Å². The number of fused-ring (bicyclic) bond motifs is 1. The predicted octanol–water partition coefficient (Wildman–Crippen LogP) is 4.22. The van der Waals surface area contributed by atoms with Crippen LogP contribution in [0.3, 0.4) is 0 Å². The third-order valence-electron chi connectivity index (χ3n) is 3.40. The summed E-state index contributed by atoms with van der Waals surface area (Å²) in [6.45, 7) is 0. The Balaban J connectivity index is 2.18. The van der Waals surface area contributed by atoms with Gasteiger partial charge in [0.05, 0.1) is 11.4 Å². The van der Waals surface area contributed by atoms with Crippen LogP contribution in [0.2, 0.25) is 0 Å². The van der Waals surface area contributed by atoms with Crippen LogP contribution in [0.1, 0.15) is 0 Å². The summed E-state index contributed by atoms with van der Waals surface area (Å²) < 4.78 is 45.6. The van der Waals surface area contributed by atoms with Gasteiger partial charge in [0.15, 0.2) is 0 Å². The number of hydrogen-bond acceptors (Lipinski definition) is 5. The fraction of sp³-hybridized carbons (Fsp3) is 0. The van der Waals surface area contributed by atoms with E-state index < -0.39 is 15.9 Å². The molecule has 8 heteroatoms. The lowest BCUT2D eigenvalue weighted by atomic mass is 10.1. The average molecular weight is 345 g/mol. The molecule has 0 aliphatic rings. The Morgan fingerprint density at radius 2 is 1.58 bits per heavy atom. The molecule has 3 aromatic carbocycles. The zero-order valence-corrected chi connectivity index (χ0v) is 13.0. The summed E-state index contributed by atoms with van der Waals surface area (Å²) in [5.41, 5.74) is 6.72. The van der Waals surface area contributed by atoms with Crippen LogP contribution in [-0.2, 0) is 10.1 Å². The van der Waals surface area contributed by atoms with Crippen molar-refractivity contribution in [2.75, 3.05) is 5.73 Å². The third-order valence-corrected chi connectivity index (χ3v) is 4.30. The lowest BCUT2D eigenvalue weighted by Crippen LogP contribution is -2.01. The van der Waals surface area contributed by atoms with E-state index in [-0.39, 0.29) is 16.3 Å². The van der Waals surface area contributed by atoms with E-state index in [1.807, 2.05) is 0 Å². The second-order valence-electron chi connectivity index (χ2n) is 5.00. The average Bonchev–Trinajstić information content (AvgIpc) is 2.55. The standard InChI is InChI=1S/C16H12FN3O3S/c17-10-5-7-11(8-6-10)19-20-14-9-15(24(21,22)23)12-3-1-2-4-13(12)16(14)18/h1-9H,18H2,(H,21,22,23). The first-order chi connectivity index (χ1) is 11.4. The molecular weight excluding hydrogens is 333 g/mol. The highest BCUT2D eigenvalue weighted by Crippen LogP contribution is 2.36. The molecule has 0 bridgehead atoms. The molecule has 0 amide bonds. The van der Waals surface area contributed by atoms with Crippen molar-refractivity contribution in [3.8, 4) is 0 Å². The Bertz CT molecular complexity index is 1050. The van der Waals surface area contributed by atoms with Gasteiger partial charge in [-0.2, -0.15) is 13.5 Å². The highest BCUT2D eigenvalue weighted by Gasteiger charge is 2.18. The number of azo groups is 1. The van der Waals surface area contributed by atoms with E-state index in [4.69, 9.17) is 5.73 Å². The third kappa shape index (κ3) is 3.10. The maximum atomic E-state index is 12.9. The van der Waals surface area contributed by atoms with Crippen molar-refractivity contribution >= 4 is 38.0 Å². The summed E-state index contributed by atoms with van der Waals surface area (Å²) in [6, 6.07) is 12.9. The molecular formula is C16H12FN3O3S. The fourth-order valence-electron chi connectivity index (χ4n) is 2.27. The predicted molar refractivity (Wildman–Crippen MR) is 88.8 cm³/mol. The number of halogens is 1. The molecule has 0 saturated heterocycles. The van der Waals surface area contributed by atoms with Crippen molar-refractivity contribution in [1.29, 1.82) is 0 Å². The molecule has 24 heavy (non-hydrogen) atoms. The van der Waals surface area contributed by atoms with Gasteiger partial charge >= 0.3 is 0 Å². The lowest BCUT2D eigenvalue weighted by molar-refractivity contribution is 0.484. The van der Waals surface area contributed by atoms with Crippen LogP contribution in [0, 0.1) is 5.82 Å². The van der Waals surface area contributed by atoms with Gasteiger partial charge in [-0.15, -0.1) is 5.11 Å². The monoisotopic (exact) mass is 345 g/mol. The van der Waals surface area contributed by atoms with Crippen LogP contribution in [0.25, 0.3) is 10.8 Å². The molecule has 0 aliphatic heterocycles. The minimum atomic E-state index is -4.46. The molecule has 0 aliphatic carbocycles. The van der Waals surface area contributed by atoms with Gasteiger partial charge in [0.2, 0.25) is 0 Å². The summed E-state index contributed by atoms with van der Waals surface area (Å²) in [7, 11) is -4.46. The van der Waals surface area contributed by atoms with Crippen molar-refractivity contribution in [2.45, 2.75) is 4.90 Å². The van der Waals surface area contributed by atoms with Crippen molar-refractivity contribution in [1.82, 2.24) is 0 Å². The molecule has 3 aromatic rings. The van der Waals surface area contributed by atoms with Crippen LogP contribution in [-0.4, -0.2) is 13.0 Å². The van der Waals surface area contributed by atoms with Crippen LogP contribution < -0.4 is 5.73 Å². The van der Waals surface area contributed by atoms with Crippen molar-refractivity contribution < 1.29 is 17.4 Å². The second-order valence-corrected chi connectivity index (χ2v) is 6.39. The van der Waals surface area contributed by atoms with E-state index in [2.05, 4.69) is 10.2 Å². The molecule has 0 heterocycles. The first kappa shape index (κ1) is 16.0. The number of nitrogen functional groups attached to an aromatic ring is 1. The molecule has 122 valence electrons. The summed E-state index contributed by atoms with van der Waals surface area (Å²) >= 11 is 0. The Labute approximate surface area is 137 Å². The molecule has 0 atom stereocenters. The maximum absolute atomic E-state index is 12.9. The smallest absolute Gasteiger partial charge is 0.295 e. The zero-order valence-electron chi connectivity index (χ0n) is 12.2. The van der Waals surface area contributed by atoms with E-state index in [1.54, 1.807) is 18.2 Å². The highest BCUT2D eigenvalue weighted by molar-refractivity contribution is 7.86. The van der Waals surface area contributed by atoms with E-state index in [0.29, 0.717) is 16.5 Å². The summed E-state index contributed by atoms with van der Waals surface area (Å²) in [6.07, 6.45) is 0. The van der Waals surface area contributed by atoms with Crippen molar-refractivity contribution in [3.05, 3.63) is 60.4 Å². The van der Waals surface area contributed by atoms with Gasteiger partial charge in [0.25, 0.3) is 10.1 Å². The molecule has 0 radical (unpaired) electrons. The minimum absolute atomic E-state index is 0.0886. The minimum Gasteiger partial charge on any atom is -0.396 e.